The van der Waals surface area contributed by atoms with Crippen molar-refractivity contribution in [3.63, 3.8) is 0 Å². The van der Waals surface area contributed by atoms with Gasteiger partial charge in [0, 0.05) is 35.8 Å². The van der Waals surface area contributed by atoms with Gasteiger partial charge in [0.1, 0.15) is 5.82 Å². The number of allylic oxidation sites excluding steroid dienone is 4. The van der Waals surface area contributed by atoms with Crippen molar-refractivity contribution in [2.75, 3.05) is 36.6 Å². The minimum absolute atomic E-state index is 0.622. The highest BCUT2D eigenvalue weighted by molar-refractivity contribution is 6.30. The molecule has 1 N–H and O–H groups in total. The molecule has 0 amide bonds. The van der Waals surface area contributed by atoms with E-state index in [2.05, 4.69) is 28.6 Å². The average Bonchev–Trinajstić information content (AvgIpc) is 3.23. The summed E-state index contributed by atoms with van der Waals surface area (Å²) in [5.74, 6) is 1.55. The third-order valence-corrected chi connectivity index (χ3v) is 5.18. The SMILES string of the molecule is C=CC(/C=N/Nc1cc(N2CCOCC2)n2nc(-c3ccc(Cl)cc3)cc2n1)=C\C(=C)C. The van der Waals surface area contributed by atoms with E-state index >= 15 is 0 Å². The average molecular weight is 449 g/mol. The van der Waals surface area contributed by atoms with Gasteiger partial charge in [-0.05, 0) is 24.6 Å². The Morgan fingerprint density at radius 2 is 1.97 bits per heavy atom. The van der Waals surface area contributed by atoms with Crippen LogP contribution in [0.1, 0.15) is 6.92 Å². The van der Waals surface area contributed by atoms with Crippen LogP contribution >= 0.6 is 11.6 Å². The highest BCUT2D eigenvalue weighted by Crippen LogP contribution is 2.26. The molecule has 3 heterocycles. The zero-order valence-electron chi connectivity index (χ0n) is 18.0. The molecule has 0 atom stereocenters. The molecule has 1 aliphatic rings. The molecule has 0 saturated carbocycles. The molecule has 0 unspecified atom stereocenters. The Bertz CT molecular complexity index is 1190. The zero-order valence-corrected chi connectivity index (χ0v) is 18.7. The second-order valence-electron chi connectivity index (χ2n) is 7.47. The standard InChI is InChI=1S/C24H25ClN6O/c1-4-18(13-17(2)3)16-26-28-22-15-24(30-9-11-32-12-10-30)31-23(27-22)14-21(29-31)19-5-7-20(25)8-6-19/h4-8,13-16H,1-2,9-12H2,3H3,(H,27,28)/b18-13+,26-16+. The van der Waals surface area contributed by atoms with E-state index in [0.29, 0.717) is 24.1 Å². The Balaban J connectivity index is 1.71. The van der Waals surface area contributed by atoms with E-state index in [1.807, 2.05) is 53.9 Å². The van der Waals surface area contributed by atoms with Crippen molar-refractivity contribution in [1.29, 1.82) is 0 Å². The maximum atomic E-state index is 6.04. The molecule has 2 aromatic heterocycles. The van der Waals surface area contributed by atoms with Crippen molar-refractivity contribution in [3.05, 3.63) is 77.9 Å². The number of hydrogen-bond acceptors (Lipinski definition) is 6. The summed E-state index contributed by atoms with van der Waals surface area (Å²) in [6, 6.07) is 11.5. The van der Waals surface area contributed by atoms with Gasteiger partial charge in [-0.3, -0.25) is 5.43 Å². The fraction of sp³-hybridized carbons (Fsp3) is 0.208. The van der Waals surface area contributed by atoms with Crippen molar-refractivity contribution in [2.45, 2.75) is 6.92 Å². The first-order valence-electron chi connectivity index (χ1n) is 10.3. The maximum absolute atomic E-state index is 6.04. The number of ether oxygens (including phenoxy) is 1. The summed E-state index contributed by atoms with van der Waals surface area (Å²) < 4.78 is 7.38. The normalized spacial score (nSPS) is 14.8. The predicted molar refractivity (Wildman–Crippen MR) is 132 cm³/mol. The first-order chi connectivity index (χ1) is 15.5. The molecule has 0 aliphatic carbocycles. The molecule has 3 aromatic rings. The van der Waals surface area contributed by atoms with E-state index in [4.69, 9.17) is 26.4 Å². The second kappa shape index (κ2) is 9.80. The molecule has 1 fully saturated rings. The van der Waals surface area contributed by atoms with Crippen molar-refractivity contribution in [1.82, 2.24) is 14.6 Å². The van der Waals surface area contributed by atoms with Crippen LogP contribution in [-0.4, -0.2) is 47.1 Å². The number of rotatable bonds is 7. The van der Waals surface area contributed by atoms with Gasteiger partial charge in [0.15, 0.2) is 11.5 Å². The Labute approximate surface area is 192 Å². The first kappa shape index (κ1) is 21.8. The van der Waals surface area contributed by atoms with Crippen LogP contribution in [0, 0.1) is 0 Å². The van der Waals surface area contributed by atoms with Crippen molar-refractivity contribution >= 4 is 35.1 Å². The van der Waals surface area contributed by atoms with Crippen molar-refractivity contribution < 1.29 is 4.74 Å². The number of fused-ring (bicyclic) bond motifs is 1. The van der Waals surface area contributed by atoms with Gasteiger partial charge < -0.3 is 9.64 Å². The Hall–Kier alpha value is -3.42. The predicted octanol–water partition coefficient (Wildman–Crippen LogP) is 4.97. The van der Waals surface area contributed by atoms with Gasteiger partial charge in [0.2, 0.25) is 0 Å². The molecule has 0 spiro atoms. The van der Waals surface area contributed by atoms with Crippen LogP contribution in [0.3, 0.4) is 0 Å². The minimum Gasteiger partial charge on any atom is -0.378 e. The van der Waals surface area contributed by atoms with Crippen LogP contribution in [-0.2, 0) is 4.74 Å². The molecule has 1 aromatic carbocycles. The number of halogens is 1. The summed E-state index contributed by atoms with van der Waals surface area (Å²) >= 11 is 6.04. The van der Waals surface area contributed by atoms with Crippen LogP contribution in [0.5, 0.6) is 0 Å². The van der Waals surface area contributed by atoms with Gasteiger partial charge in [-0.2, -0.15) is 14.7 Å². The Morgan fingerprint density at radius 1 is 1.22 bits per heavy atom. The van der Waals surface area contributed by atoms with Crippen LogP contribution in [0.4, 0.5) is 11.6 Å². The molecule has 1 aliphatic heterocycles. The Kier molecular flexibility index (Phi) is 6.68. The topological polar surface area (TPSA) is 67.0 Å². The number of nitrogens with zero attached hydrogens (tertiary/aromatic N) is 5. The number of nitrogens with one attached hydrogen (secondary N) is 1. The molecule has 0 radical (unpaired) electrons. The lowest BCUT2D eigenvalue weighted by Crippen LogP contribution is -2.37. The third kappa shape index (κ3) is 5.07. The first-order valence-corrected chi connectivity index (χ1v) is 10.7. The van der Waals surface area contributed by atoms with Gasteiger partial charge in [0.05, 0.1) is 25.1 Å². The third-order valence-electron chi connectivity index (χ3n) is 4.92. The molecule has 4 rings (SSSR count). The lowest BCUT2D eigenvalue weighted by atomic mass is 10.2. The number of hydrogen-bond donors (Lipinski definition) is 1. The number of hydrazone groups is 1. The van der Waals surface area contributed by atoms with Crippen molar-refractivity contribution in [3.8, 4) is 11.3 Å². The molecular weight excluding hydrogens is 424 g/mol. The van der Waals surface area contributed by atoms with Gasteiger partial charge in [-0.25, -0.2) is 4.98 Å². The molecule has 164 valence electrons. The quantitative estimate of drug-likeness (QED) is 0.314. The molecule has 8 heteroatoms. The van der Waals surface area contributed by atoms with Crippen LogP contribution < -0.4 is 10.3 Å². The van der Waals surface area contributed by atoms with Gasteiger partial charge in [0.25, 0.3) is 0 Å². The van der Waals surface area contributed by atoms with E-state index < -0.39 is 0 Å². The van der Waals surface area contributed by atoms with E-state index in [9.17, 15) is 0 Å². The second-order valence-corrected chi connectivity index (χ2v) is 7.91. The number of morpholine rings is 1. The lowest BCUT2D eigenvalue weighted by Gasteiger charge is -2.29. The fourth-order valence-corrected chi connectivity index (χ4v) is 3.53. The van der Waals surface area contributed by atoms with E-state index in [0.717, 1.165) is 47.0 Å². The molecule has 0 bridgehead atoms. The largest absolute Gasteiger partial charge is 0.378 e. The zero-order chi connectivity index (χ0) is 22.5. The van der Waals surface area contributed by atoms with E-state index in [1.54, 1.807) is 12.3 Å². The molecule has 7 nitrogen and oxygen atoms in total. The van der Waals surface area contributed by atoms with Gasteiger partial charge >= 0.3 is 0 Å². The van der Waals surface area contributed by atoms with Crippen LogP contribution in [0.15, 0.2) is 78.0 Å². The van der Waals surface area contributed by atoms with Gasteiger partial charge in [-0.15, -0.1) is 0 Å². The highest BCUT2D eigenvalue weighted by atomic mass is 35.5. The summed E-state index contributed by atoms with van der Waals surface area (Å²) in [5, 5.41) is 9.83. The summed E-state index contributed by atoms with van der Waals surface area (Å²) in [4.78, 5) is 6.94. The molecular formula is C24H25ClN6O. The number of benzene rings is 1. The highest BCUT2D eigenvalue weighted by Gasteiger charge is 2.18. The summed E-state index contributed by atoms with van der Waals surface area (Å²) in [5.41, 5.74) is 7.33. The summed E-state index contributed by atoms with van der Waals surface area (Å²) in [6.45, 7) is 12.5. The summed E-state index contributed by atoms with van der Waals surface area (Å²) in [7, 11) is 0. The number of aromatic nitrogens is 3. The van der Waals surface area contributed by atoms with E-state index in [-0.39, 0.29) is 0 Å². The van der Waals surface area contributed by atoms with Crippen LogP contribution in [0.2, 0.25) is 5.02 Å². The maximum Gasteiger partial charge on any atom is 0.160 e. The summed E-state index contributed by atoms with van der Waals surface area (Å²) in [6.07, 6.45) is 5.33. The Morgan fingerprint density at radius 3 is 2.66 bits per heavy atom. The van der Waals surface area contributed by atoms with E-state index in [1.165, 1.54) is 0 Å². The fourth-order valence-electron chi connectivity index (χ4n) is 3.40. The smallest absolute Gasteiger partial charge is 0.160 e. The van der Waals surface area contributed by atoms with Crippen LogP contribution in [0.25, 0.3) is 16.9 Å². The molecule has 32 heavy (non-hydrogen) atoms. The number of anilines is 2. The van der Waals surface area contributed by atoms with Gasteiger partial charge in [-0.1, -0.05) is 54.6 Å². The monoisotopic (exact) mass is 448 g/mol. The molecule has 1 saturated heterocycles. The lowest BCUT2D eigenvalue weighted by molar-refractivity contribution is 0.122. The minimum atomic E-state index is 0.622. The van der Waals surface area contributed by atoms with Crippen molar-refractivity contribution in [2.24, 2.45) is 5.10 Å².